The zero-order valence-corrected chi connectivity index (χ0v) is 14.3. The van der Waals surface area contributed by atoms with Gasteiger partial charge in [0.25, 0.3) is 0 Å². The fourth-order valence-corrected chi connectivity index (χ4v) is 3.60. The van der Waals surface area contributed by atoms with E-state index in [9.17, 15) is 0 Å². The Morgan fingerprint density at radius 1 is 1.05 bits per heavy atom. The molecule has 0 unspecified atom stereocenters. The van der Waals surface area contributed by atoms with Crippen LogP contribution in [-0.2, 0) is 6.42 Å². The quantitative estimate of drug-likeness (QED) is 0.504. The molecule has 0 aromatic heterocycles. The smallest absolute Gasteiger partial charge is 0.119 e. The molecule has 2 heteroatoms. The van der Waals surface area contributed by atoms with Gasteiger partial charge in [-0.1, -0.05) is 51.2 Å². The lowest BCUT2D eigenvalue weighted by molar-refractivity contribution is 0.148. The van der Waals surface area contributed by atoms with Crippen molar-refractivity contribution in [3.63, 3.8) is 0 Å². The Hall–Kier alpha value is -0.630. The van der Waals surface area contributed by atoms with Crippen LogP contribution in [0.25, 0.3) is 0 Å². The first-order valence-corrected chi connectivity index (χ1v) is 9.24. The SMILES string of the molecule is CCCCc1ccc(OCC2(CS)CCCCCC2)cc1. The van der Waals surface area contributed by atoms with Crippen LogP contribution in [0, 0.1) is 5.41 Å². The second-order valence-corrected chi connectivity index (χ2v) is 6.92. The van der Waals surface area contributed by atoms with Crippen LogP contribution in [0.4, 0.5) is 0 Å². The highest BCUT2D eigenvalue weighted by Crippen LogP contribution is 2.36. The molecule has 1 nitrogen and oxygen atoms in total. The number of benzene rings is 1. The molecule has 1 aliphatic carbocycles. The molecule has 1 saturated carbocycles. The van der Waals surface area contributed by atoms with E-state index < -0.39 is 0 Å². The van der Waals surface area contributed by atoms with Gasteiger partial charge in [0, 0.05) is 5.41 Å². The minimum atomic E-state index is 0.292. The van der Waals surface area contributed by atoms with Crippen molar-refractivity contribution in [1.82, 2.24) is 0 Å². The van der Waals surface area contributed by atoms with Gasteiger partial charge in [-0.3, -0.25) is 0 Å². The fraction of sp³-hybridized carbons (Fsp3) is 0.684. The largest absolute Gasteiger partial charge is 0.493 e. The zero-order chi connectivity index (χ0) is 15.0. The maximum atomic E-state index is 6.11. The van der Waals surface area contributed by atoms with E-state index in [4.69, 9.17) is 4.74 Å². The zero-order valence-electron chi connectivity index (χ0n) is 13.4. The molecular weight excluding hydrogens is 276 g/mol. The summed E-state index contributed by atoms with van der Waals surface area (Å²) < 4.78 is 6.11. The molecule has 0 spiro atoms. The first-order chi connectivity index (χ1) is 10.3. The van der Waals surface area contributed by atoms with Crippen LogP contribution in [0.5, 0.6) is 5.75 Å². The Kier molecular flexibility index (Phi) is 6.95. The summed E-state index contributed by atoms with van der Waals surface area (Å²) in [7, 11) is 0. The predicted molar refractivity (Wildman–Crippen MR) is 94.5 cm³/mol. The van der Waals surface area contributed by atoms with Crippen molar-refractivity contribution in [2.75, 3.05) is 12.4 Å². The molecule has 1 aliphatic rings. The average Bonchev–Trinajstić information content (AvgIpc) is 2.78. The van der Waals surface area contributed by atoms with Crippen LogP contribution in [-0.4, -0.2) is 12.4 Å². The van der Waals surface area contributed by atoms with Crippen molar-refractivity contribution in [3.8, 4) is 5.75 Å². The van der Waals surface area contributed by atoms with Crippen molar-refractivity contribution < 1.29 is 4.74 Å². The number of unbranched alkanes of at least 4 members (excludes halogenated alkanes) is 1. The second kappa shape index (κ2) is 8.73. The van der Waals surface area contributed by atoms with Gasteiger partial charge in [-0.25, -0.2) is 0 Å². The lowest BCUT2D eigenvalue weighted by Crippen LogP contribution is -2.30. The Balaban J connectivity index is 1.88. The van der Waals surface area contributed by atoms with Gasteiger partial charge in [0.05, 0.1) is 6.61 Å². The highest BCUT2D eigenvalue weighted by atomic mass is 32.1. The number of aryl methyl sites for hydroxylation is 1. The molecule has 1 aromatic rings. The maximum Gasteiger partial charge on any atom is 0.119 e. The van der Waals surface area contributed by atoms with Gasteiger partial charge in [0.1, 0.15) is 5.75 Å². The van der Waals surface area contributed by atoms with E-state index in [0.29, 0.717) is 5.41 Å². The summed E-state index contributed by atoms with van der Waals surface area (Å²) in [5.41, 5.74) is 1.71. The Morgan fingerprint density at radius 2 is 1.71 bits per heavy atom. The van der Waals surface area contributed by atoms with Crippen LogP contribution < -0.4 is 4.74 Å². The minimum Gasteiger partial charge on any atom is -0.493 e. The average molecular weight is 307 g/mol. The van der Waals surface area contributed by atoms with Crippen molar-refractivity contribution >= 4 is 12.6 Å². The highest BCUT2D eigenvalue weighted by Gasteiger charge is 2.30. The Bertz CT molecular complexity index is 391. The van der Waals surface area contributed by atoms with E-state index in [-0.39, 0.29) is 0 Å². The molecule has 0 bridgehead atoms. The van der Waals surface area contributed by atoms with Crippen LogP contribution in [0.15, 0.2) is 24.3 Å². The lowest BCUT2D eigenvalue weighted by atomic mass is 9.83. The van der Waals surface area contributed by atoms with Gasteiger partial charge in [-0.2, -0.15) is 12.6 Å². The van der Waals surface area contributed by atoms with Crippen LogP contribution in [0.1, 0.15) is 63.9 Å². The standard InChI is InChI=1S/C19H30OS/c1-2-3-8-17-9-11-18(12-10-17)20-15-19(16-21)13-6-4-5-7-14-19/h9-12,21H,2-8,13-16H2,1H3. The minimum absolute atomic E-state index is 0.292. The molecule has 21 heavy (non-hydrogen) atoms. The molecule has 1 fully saturated rings. The van der Waals surface area contributed by atoms with Gasteiger partial charge in [0.15, 0.2) is 0 Å². The highest BCUT2D eigenvalue weighted by molar-refractivity contribution is 7.80. The molecule has 0 N–H and O–H groups in total. The summed E-state index contributed by atoms with van der Waals surface area (Å²) in [6.07, 6.45) is 11.7. The number of thiol groups is 1. The number of ether oxygens (including phenoxy) is 1. The molecule has 0 atom stereocenters. The van der Waals surface area contributed by atoms with Crippen molar-refractivity contribution in [2.45, 2.75) is 64.7 Å². The second-order valence-electron chi connectivity index (χ2n) is 6.61. The first-order valence-electron chi connectivity index (χ1n) is 8.61. The normalized spacial score (nSPS) is 18.2. The third kappa shape index (κ3) is 5.25. The summed E-state index contributed by atoms with van der Waals surface area (Å²) in [5, 5.41) is 0. The van der Waals surface area contributed by atoms with E-state index in [2.05, 4.69) is 43.8 Å². The Morgan fingerprint density at radius 3 is 2.29 bits per heavy atom. The molecule has 118 valence electrons. The van der Waals surface area contributed by atoms with Gasteiger partial charge < -0.3 is 4.74 Å². The summed E-state index contributed by atoms with van der Waals surface area (Å²) in [6, 6.07) is 8.69. The maximum absolute atomic E-state index is 6.11. The van der Waals surface area contributed by atoms with E-state index in [1.807, 2.05) is 0 Å². The molecule has 1 aromatic carbocycles. The topological polar surface area (TPSA) is 9.23 Å². The molecule has 0 radical (unpaired) electrons. The van der Waals surface area contributed by atoms with Gasteiger partial charge in [-0.15, -0.1) is 0 Å². The molecule has 0 saturated heterocycles. The predicted octanol–water partition coefficient (Wildman–Crippen LogP) is 5.68. The third-order valence-electron chi connectivity index (χ3n) is 4.79. The molecule has 2 rings (SSSR count). The van der Waals surface area contributed by atoms with E-state index in [1.54, 1.807) is 0 Å². The van der Waals surface area contributed by atoms with Crippen LogP contribution >= 0.6 is 12.6 Å². The van der Waals surface area contributed by atoms with Crippen LogP contribution in [0.2, 0.25) is 0 Å². The van der Waals surface area contributed by atoms with Gasteiger partial charge in [-0.05, 0) is 49.1 Å². The number of hydrogen-bond donors (Lipinski definition) is 1. The Labute approximate surface area is 135 Å². The van der Waals surface area contributed by atoms with Crippen molar-refractivity contribution in [2.24, 2.45) is 5.41 Å². The summed E-state index contributed by atoms with van der Waals surface area (Å²) in [6.45, 7) is 3.06. The first kappa shape index (κ1) is 16.7. The van der Waals surface area contributed by atoms with Crippen molar-refractivity contribution in [1.29, 1.82) is 0 Å². The van der Waals surface area contributed by atoms with Crippen molar-refractivity contribution in [3.05, 3.63) is 29.8 Å². The molecule has 0 aliphatic heterocycles. The molecule has 0 heterocycles. The van der Waals surface area contributed by atoms with Gasteiger partial charge in [0.2, 0.25) is 0 Å². The van der Waals surface area contributed by atoms with Crippen LogP contribution in [0.3, 0.4) is 0 Å². The molecular formula is C19H30OS. The lowest BCUT2D eigenvalue weighted by Gasteiger charge is -2.31. The number of rotatable bonds is 7. The van der Waals surface area contributed by atoms with Gasteiger partial charge >= 0.3 is 0 Å². The van der Waals surface area contributed by atoms with E-state index >= 15 is 0 Å². The van der Waals surface area contributed by atoms with E-state index in [0.717, 1.165) is 18.1 Å². The summed E-state index contributed by atoms with van der Waals surface area (Å²) >= 11 is 4.62. The summed E-state index contributed by atoms with van der Waals surface area (Å²) in [4.78, 5) is 0. The third-order valence-corrected chi connectivity index (χ3v) is 5.46. The number of hydrogen-bond acceptors (Lipinski definition) is 2. The fourth-order valence-electron chi connectivity index (χ4n) is 3.20. The van der Waals surface area contributed by atoms with E-state index in [1.165, 1.54) is 63.4 Å². The molecule has 0 amide bonds. The monoisotopic (exact) mass is 306 g/mol. The summed E-state index contributed by atoms with van der Waals surface area (Å²) in [5.74, 6) is 1.96.